The quantitative estimate of drug-likeness (QED) is 0.00424. The average molecular weight is 1900 g/mol. The Labute approximate surface area is 768 Å². The fourth-order valence-corrected chi connectivity index (χ4v) is 16.8. The second-order valence-electron chi connectivity index (χ2n) is 32.0. The molecule has 0 radical (unpaired) electrons. The molecule has 0 spiro atoms. The largest absolute Gasteiger partial charge is 0.510 e. The summed E-state index contributed by atoms with van der Waals surface area (Å²) in [6.07, 6.45) is -0.870. The number of nitrogens with one attached hydrogen (secondary N) is 4. The van der Waals surface area contributed by atoms with Crippen LogP contribution >= 0.6 is 30.3 Å². The van der Waals surface area contributed by atoms with E-state index < -0.39 is 135 Å². The number of benzene rings is 4. The number of urea groups is 1. The van der Waals surface area contributed by atoms with E-state index in [0.717, 1.165) is 38.7 Å². The summed E-state index contributed by atoms with van der Waals surface area (Å²) >= 11 is 2.95. The molecule has 4 aromatic carbocycles. The Bertz CT molecular complexity index is 5020. The van der Waals surface area contributed by atoms with Gasteiger partial charge in [0.1, 0.15) is 36.9 Å². The van der Waals surface area contributed by atoms with Crippen molar-refractivity contribution in [1.29, 1.82) is 0 Å². The molecule has 6 heterocycles. The molecule has 40 nitrogen and oxygen atoms in total. The van der Waals surface area contributed by atoms with Crippen molar-refractivity contribution in [2.45, 2.75) is 206 Å². The number of carbonyl (C=O) groups is 8. The molecule has 8 aromatic rings. The minimum atomic E-state index is -4.06. The zero-order valence-corrected chi connectivity index (χ0v) is 78.3. The Morgan fingerprint density at radius 3 is 1.79 bits per heavy atom. The van der Waals surface area contributed by atoms with Gasteiger partial charge in [0.05, 0.1) is 107 Å². The number of sulfonamides is 1. The third-order valence-electron chi connectivity index (χ3n) is 19.2. The molecule has 0 aliphatic carbocycles. The monoisotopic (exact) mass is 1900 g/mol. The Balaban J connectivity index is 0.000000262. The van der Waals surface area contributed by atoms with Crippen molar-refractivity contribution in [2.24, 2.45) is 17.8 Å². The lowest BCUT2D eigenvalue weighted by atomic mass is 9.93. The van der Waals surface area contributed by atoms with Crippen molar-refractivity contribution in [2.75, 3.05) is 64.8 Å². The van der Waals surface area contributed by atoms with Gasteiger partial charge in [-0.1, -0.05) is 133 Å². The second-order valence-corrected chi connectivity index (χ2v) is 37.8. The predicted octanol–water partition coefficient (Wildman–Crippen LogP) is 11.0. The summed E-state index contributed by atoms with van der Waals surface area (Å²) in [5.41, 5.74) is 18.1. The number of alkyl carbamates (subject to hydrolysis) is 2. The number of thiazole rings is 2. The van der Waals surface area contributed by atoms with E-state index in [-0.39, 0.29) is 92.4 Å². The van der Waals surface area contributed by atoms with Crippen molar-refractivity contribution < 1.29 is 123 Å². The van der Waals surface area contributed by atoms with E-state index in [1.165, 1.54) is 57.5 Å². The van der Waals surface area contributed by atoms with E-state index in [2.05, 4.69) is 60.0 Å². The number of rotatable bonds is 43. The summed E-state index contributed by atoms with van der Waals surface area (Å²) in [6.45, 7) is 19.8. The average Bonchev–Trinajstić information content (AvgIpc) is 1.65. The van der Waals surface area contributed by atoms with E-state index in [1.54, 1.807) is 69.3 Å². The molecule has 716 valence electrons. The maximum atomic E-state index is 13.9. The first-order valence-corrected chi connectivity index (χ1v) is 47.0. The van der Waals surface area contributed by atoms with Gasteiger partial charge >= 0.3 is 50.1 Å². The van der Waals surface area contributed by atoms with Crippen LogP contribution in [0.4, 0.5) is 35.5 Å². The molecule has 0 saturated carbocycles. The highest BCUT2D eigenvalue weighted by Gasteiger charge is 2.45. The fraction of sp³-hybridized carbons (Fsp3) is 0.483. The van der Waals surface area contributed by atoms with Crippen LogP contribution in [0.1, 0.15) is 127 Å². The smallest absolute Gasteiger partial charge is 0.478 e. The van der Waals surface area contributed by atoms with Crippen LogP contribution in [-0.2, 0) is 120 Å². The number of carboxylic acids is 2. The minimum absolute atomic E-state index is 0.000183. The van der Waals surface area contributed by atoms with Gasteiger partial charge in [0, 0.05) is 61.5 Å². The Kier molecular flexibility index (Phi) is 43.8. The van der Waals surface area contributed by atoms with Gasteiger partial charge in [0.15, 0.2) is 17.8 Å². The molecule has 10 rings (SSSR count). The van der Waals surface area contributed by atoms with Crippen molar-refractivity contribution in [3.8, 4) is 0 Å². The highest BCUT2D eigenvalue weighted by Crippen LogP contribution is 2.48. The number of amides is 5. The van der Waals surface area contributed by atoms with Gasteiger partial charge in [0.2, 0.25) is 29.5 Å². The van der Waals surface area contributed by atoms with Crippen LogP contribution in [0.3, 0.4) is 0 Å². The van der Waals surface area contributed by atoms with Gasteiger partial charge in [-0.2, -0.15) is 4.31 Å². The first-order chi connectivity index (χ1) is 62.2. The summed E-state index contributed by atoms with van der Waals surface area (Å²) in [5.74, 6) is -2.58. The SMILES string of the molecule is CC(C)CN(C[C@@H](O)[C@H](Cc1ccccc1)NC(=O)O[C@H]1CO[C@H]2OCC[C@H]21)S(=O)(=O)c1ccc(N)cc1.CC(C)OC(=O)OCOP(=O)(CO[C@H](C)Cn1cnc2c(N)ncnc21)OCOC(=O)OC(C)C.CC(C)c1nc(CN(C)C(=O)N[C@H](C(=O)N[C@@H](Cc2ccccc2)C[C@H](O)[C@H](Cc2ccccc2)NC(=O)OCc2cncs2)C(C)C)cs1.O=C(O)/C=C/C(=O)O. The third-order valence-corrected chi connectivity index (χ3v) is 24.5. The molecule has 44 heteroatoms. The second kappa shape index (κ2) is 53.8. The predicted molar refractivity (Wildman–Crippen MR) is 483 cm³/mol. The number of aliphatic carboxylic acids is 2. The maximum Gasteiger partial charge on any atom is 0.510 e. The van der Waals surface area contributed by atoms with Crippen LogP contribution in [-0.4, -0.2) is 236 Å². The highest BCUT2D eigenvalue weighted by atomic mass is 32.2. The minimum Gasteiger partial charge on any atom is -0.478 e. The summed E-state index contributed by atoms with van der Waals surface area (Å²) in [5, 5.41) is 53.2. The Hall–Kier alpha value is -11.4. The molecule has 0 bridgehead atoms. The number of ether oxygens (including phenoxy) is 9. The zero-order chi connectivity index (χ0) is 95.9. The molecule has 5 amide bonds. The van der Waals surface area contributed by atoms with Crippen LogP contribution in [0, 0.1) is 17.8 Å². The van der Waals surface area contributed by atoms with Gasteiger partial charge in [-0.05, 0) is 120 Å². The highest BCUT2D eigenvalue weighted by molar-refractivity contribution is 7.89. The van der Waals surface area contributed by atoms with Gasteiger partial charge in [-0.15, -0.1) is 22.7 Å². The lowest BCUT2D eigenvalue weighted by Crippen LogP contribution is -2.55. The number of nitrogens with two attached hydrogens (primary N) is 2. The van der Waals surface area contributed by atoms with Crippen LogP contribution in [0.25, 0.3) is 11.2 Å². The number of nitrogens with zero attached hydrogens (tertiary/aromatic N) is 8. The first-order valence-electron chi connectivity index (χ1n) is 42.1. The molecule has 131 heavy (non-hydrogen) atoms. The lowest BCUT2D eigenvalue weighted by molar-refractivity contribution is -0.134. The van der Waals surface area contributed by atoms with Crippen LogP contribution in [0.5, 0.6) is 0 Å². The van der Waals surface area contributed by atoms with Crippen molar-refractivity contribution >= 4 is 111 Å². The van der Waals surface area contributed by atoms with Gasteiger partial charge in [0.25, 0.3) is 0 Å². The van der Waals surface area contributed by atoms with E-state index >= 15 is 0 Å². The van der Waals surface area contributed by atoms with E-state index in [4.69, 9.17) is 73.4 Å². The molecule has 0 unspecified atom stereocenters. The van der Waals surface area contributed by atoms with Crippen molar-refractivity contribution in [1.82, 2.24) is 60.0 Å². The van der Waals surface area contributed by atoms with Crippen molar-refractivity contribution in [3.63, 3.8) is 0 Å². The number of hydrogen-bond acceptors (Lipinski definition) is 33. The fourth-order valence-electron chi connectivity index (χ4n) is 12.8. The molecule has 4 aromatic heterocycles. The Morgan fingerprint density at radius 2 is 1.26 bits per heavy atom. The molecule has 2 aliphatic rings. The summed E-state index contributed by atoms with van der Waals surface area (Å²) < 4.78 is 100. The standard InChI is InChI=1S/C37H48N6O5S2.C27H37N3O7S.C19H30N5O10P.C4H4O4/c1-24(2)33(42-36(46)43(5)20-29-22-49-35(40-29)25(3)4)34(45)39-28(16-26-12-8-6-9-13-26)18-32(44)31(17-27-14-10-7-11-15-27)41-37(47)48-21-30-19-38-23-50-30;1-18(2)15-30(38(33,34)21-10-8-20(28)9-11-21)16-24(31)23(14-19-6-4-3-5-7-19)29-27(32)37-25-17-36-26-22(25)12-13-35-26;1-12(2)33-18(25)28-9-31-35(27,32-10-29-19(26)34-13(3)4)11-30-14(5)6-24-8-23-15-16(20)21-7-22-17(15)24;5-3(6)1-2-4(7)8/h6-15,19,22-25,28,31-33,44H,16-18,20-21H2,1-5H3,(H,39,45)(H,41,47)(H,42,46);3-11,18,22-26,31H,12-17,28H2,1-2H3,(H,29,32);7-8,12-14H,6,9-11H2,1-5H3,(H2,20,21,22);1-2H,(H,5,6)(H,7,8)/b;;;2-1+/t28-,31-,32-,33-;22-,23-,24+,25-,26+;14-;/m001./s1. The number of imidazole rings is 1. The Morgan fingerprint density at radius 1 is 0.687 bits per heavy atom. The van der Waals surface area contributed by atoms with Crippen LogP contribution in [0.2, 0.25) is 0 Å². The number of aliphatic hydroxyl groups is 2. The molecular formula is C87H119N14O26PS3. The molecular weight excluding hydrogens is 1780 g/mol. The summed E-state index contributed by atoms with van der Waals surface area (Å²) in [6, 6.07) is 31.3. The molecule has 2 fully saturated rings. The number of aromatic nitrogens is 6. The molecule has 10 atom stereocenters. The number of nitrogen functional groups attached to an aromatic ring is 2. The molecule has 2 aliphatic heterocycles. The molecule has 12 N–H and O–H groups in total. The number of carboxylic acid groups (broad SMARTS) is 2. The van der Waals surface area contributed by atoms with E-state index in [0.29, 0.717) is 60.9 Å². The number of carbonyl (C=O) groups excluding carboxylic acids is 6. The number of anilines is 2. The van der Waals surface area contributed by atoms with E-state index in [9.17, 15) is 61.6 Å². The van der Waals surface area contributed by atoms with Crippen LogP contribution < -0.4 is 32.7 Å². The number of aliphatic hydroxyl groups excluding tert-OH is 2. The zero-order valence-electron chi connectivity index (χ0n) is 75.0. The van der Waals surface area contributed by atoms with Crippen LogP contribution in [0.15, 0.2) is 162 Å². The van der Waals surface area contributed by atoms with Gasteiger partial charge in [-0.3, -0.25) is 23.4 Å². The topological polar surface area (TPSA) is 546 Å². The number of hydrogen-bond donors (Lipinski definition) is 10. The molecule has 2 saturated heterocycles. The van der Waals surface area contributed by atoms with Crippen molar-refractivity contribution in [3.05, 3.63) is 189 Å². The van der Waals surface area contributed by atoms with E-state index in [1.807, 2.05) is 124 Å². The first kappa shape index (κ1) is 107. The van der Waals surface area contributed by atoms with Gasteiger partial charge < -0.3 is 105 Å². The van der Waals surface area contributed by atoms with Gasteiger partial charge in [-0.25, -0.2) is 61.9 Å². The maximum absolute atomic E-state index is 13.9. The number of fused-ring (bicyclic) bond motifs is 2. The summed E-state index contributed by atoms with van der Waals surface area (Å²) in [4.78, 5) is 118. The normalized spacial score (nSPS) is 15.8. The summed E-state index contributed by atoms with van der Waals surface area (Å²) in [7, 11) is -6.31. The third kappa shape index (κ3) is 37.8. The lowest BCUT2D eigenvalue weighted by Gasteiger charge is -2.31.